The molecule has 6 heteroatoms. The molecule has 0 fully saturated rings. The molecule has 0 heterocycles. The van der Waals surface area contributed by atoms with Crippen LogP contribution < -0.4 is 0 Å². The van der Waals surface area contributed by atoms with Crippen molar-refractivity contribution in [3.8, 4) is 0 Å². The normalized spacial score (nSPS) is 12.3. The van der Waals surface area contributed by atoms with E-state index in [1.54, 1.807) is 0 Å². The van der Waals surface area contributed by atoms with Gasteiger partial charge >= 0.3 is 17.9 Å². The molecule has 0 saturated carbocycles. The van der Waals surface area contributed by atoms with E-state index < -0.39 is 6.10 Å². The van der Waals surface area contributed by atoms with Crippen LogP contribution in [0.4, 0.5) is 0 Å². The molecule has 0 bridgehead atoms. The second-order valence-corrected chi connectivity index (χ2v) is 24.5. The largest absolute Gasteiger partial charge is 0.462 e. The van der Waals surface area contributed by atoms with E-state index in [1.807, 2.05) is 0 Å². The van der Waals surface area contributed by atoms with Crippen molar-refractivity contribution in [3.63, 3.8) is 0 Å². The Morgan fingerprint density at radius 1 is 0.247 bits per heavy atom. The van der Waals surface area contributed by atoms with Crippen molar-refractivity contribution < 1.29 is 28.6 Å². The molecule has 0 aliphatic rings. The fourth-order valence-electron chi connectivity index (χ4n) is 10.8. The summed E-state index contributed by atoms with van der Waals surface area (Å²) in [6, 6.07) is 0. The zero-order valence-corrected chi connectivity index (χ0v) is 54.6. The highest BCUT2D eigenvalue weighted by molar-refractivity contribution is 5.71. The van der Waals surface area contributed by atoms with Crippen LogP contribution in [0.2, 0.25) is 0 Å². The zero-order valence-electron chi connectivity index (χ0n) is 54.6. The molecule has 81 heavy (non-hydrogen) atoms. The summed E-state index contributed by atoms with van der Waals surface area (Å²) in [6.45, 7) is 6.68. The Kier molecular flexibility index (Phi) is 67.6. The molecule has 0 aromatic heterocycles. The van der Waals surface area contributed by atoms with Gasteiger partial charge in [-0.15, -0.1) is 0 Å². The lowest BCUT2D eigenvalue weighted by Crippen LogP contribution is -2.30. The summed E-state index contributed by atoms with van der Waals surface area (Å²) in [5.74, 6) is -0.857. The maximum Gasteiger partial charge on any atom is 0.306 e. The lowest BCUT2D eigenvalue weighted by Gasteiger charge is -2.18. The fraction of sp³-hybridized carbons (Fsp3) is 0.853. The summed E-state index contributed by atoms with van der Waals surface area (Å²) >= 11 is 0. The Hall–Kier alpha value is -2.63. The van der Waals surface area contributed by atoms with E-state index in [0.717, 1.165) is 70.6 Å². The van der Waals surface area contributed by atoms with Gasteiger partial charge in [0.15, 0.2) is 6.10 Å². The van der Waals surface area contributed by atoms with E-state index in [0.29, 0.717) is 19.3 Å². The lowest BCUT2D eigenvalue weighted by atomic mass is 10.0. The van der Waals surface area contributed by atoms with Crippen LogP contribution in [0.1, 0.15) is 393 Å². The second kappa shape index (κ2) is 69.9. The SMILES string of the molecule is CCCCCCC/C=C\C/C=C\CCCCCCCCCCCCCCCCCC(=O)OCC(COC(=O)CCCCCCC/C=C\CCCCCCCC)OC(=O)CCCCCCCCCCC/C=C\CCCCCCCCCC. The van der Waals surface area contributed by atoms with Crippen LogP contribution in [0, 0.1) is 0 Å². The molecule has 0 spiro atoms. The quantitative estimate of drug-likeness (QED) is 0.0261. The number of carbonyl (C=O) groups excluding carboxylic acids is 3. The molecule has 1 unspecified atom stereocenters. The molecule has 0 aliphatic heterocycles. The molecule has 6 nitrogen and oxygen atoms in total. The first-order valence-corrected chi connectivity index (χ1v) is 36.1. The monoisotopic (exact) mass is 1140 g/mol. The minimum atomic E-state index is -0.778. The fourth-order valence-corrected chi connectivity index (χ4v) is 10.8. The first-order chi connectivity index (χ1) is 40.0. The molecule has 0 aromatic rings. The highest BCUT2D eigenvalue weighted by atomic mass is 16.6. The van der Waals surface area contributed by atoms with Crippen molar-refractivity contribution in [2.45, 2.75) is 399 Å². The van der Waals surface area contributed by atoms with Crippen LogP contribution in [0.5, 0.6) is 0 Å². The standard InChI is InChI=1S/C75H138O6/c1-4-7-10-13-16-19-22-25-28-30-32-34-35-36-37-38-39-41-42-44-47-50-53-56-59-62-65-68-74(77)80-71-72(70-79-73(76)67-64-61-58-55-52-49-46-27-24-21-18-15-12-9-6-3)81-75(78)69-66-63-60-57-54-51-48-45-43-40-33-31-29-26-23-20-17-14-11-8-5-2/h22,25,27,30-33,46,72H,4-21,23-24,26,28-29,34-45,47-71H2,1-3H3/b25-22-,32-30-,33-31-,46-27-. The summed E-state index contributed by atoms with van der Waals surface area (Å²) in [4.78, 5) is 38.5. The highest BCUT2D eigenvalue weighted by Gasteiger charge is 2.19. The number of ether oxygens (including phenoxy) is 3. The Labute approximate surface area is 505 Å². The van der Waals surface area contributed by atoms with Crippen molar-refractivity contribution in [2.75, 3.05) is 13.2 Å². The van der Waals surface area contributed by atoms with Crippen LogP contribution >= 0.6 is 0 Å². The summed E-state index contributed by atoms with van der Waals surface area (Å²) in [5.41, 5.74) is 0. The first-order valence-electron chi connectivity index (χ1n) is 36.1. The number of carbonyl (C=O) groups is 3. The molecule has 0 amide bonds. The number of hydrogen-bond acceptors (Lipinski definition) is 6. The van der Waals surface area contributed by atoms with Crippen molar-refractivity contribution >= 4 is 17.9 Å². The topological polar surface area (TPSA) is 78.9 Å². The molecule has 0 aromatic carbocycles. The second-order valence-electron chi connectivity index (χ2n) is 24.5. The average Bonchev–Trinajstić information content (AvgIpc) is 3.47. The summed E-state index contributed by atoms with van der Waals surface area (Å²) < 4.78 is 17.0. The van der Waals surface area contributed by atoms with E-state index in [4.69, 9.17) is 14.2 Å². The minimum absolute atomic E-state index is 0.0729. The van der Waals surface area contributed by atoms with Gasteiger partial charge in [0.2, 0.25) is 0 Å². The maximum absolute atomic E-state index is 13.0. The van der Waals surface area contributed by atoms with Crippen molar-refractivity contribution in [1.29, 1.82) is 0 Å². The Bertz CT molecular complexity index is 1400. The van der Waals surface area contributed by atoms with Crippen molar-refractivity contribution in [2.24, 2.45) is 0 Å². The third-order valence-corrected chi connectivity index (χ3v) is 16.3. The van der Waals surface area contributed by atoms with Crippen LogP contribution in [0.25, 0.3) is 0 Å². The first kappa shape index (κ1) is 78.4. The van der Waals surface area contributed by atoms with Gasteiger partial charge in [-0.2, -0.15) is 0 Å². The Morgan fingerprint density at radius 2 is 0.444 bits per heavy atom. The maximum atomic E-state index is 13.0. The van der Waals surface area contributed by atoms with Gasteiger partial charge in [0.05, 0.1) is 0 Å². The van der Waals surface area contributed by atoms with Crippen LogP contribution in [-0.2, 0) is 28.6 Å². The third-order valence-electron chi connectivity index (χ3n) is 16.3. The molecule has 0 radical (unpaired) electrons. The number of allylic oxidation sites excluding steroid dienone is 8. The highest BCUT2D eigenvalue weighted by Crippen LogP contribution is 2.18. The number of rotatable bonds is 67. The Morgan fingerprint density at radius 3 is 0.691 bits per heavy atom. The number of hydrogen-bond donors (Lipinski definition) is 0. The summed E-state index contributed by atoms with van der Waals surface area (Å²) in [7, 11) is 0. The van der Waals surface area contributed by atoms with Crippen LogP contribution in [-0.4, -0.2) is 37.2 Å². The van der Waals surface area contributed by atoms with Gasteiger partial charge in [0.25, 0.3) is 0 Å². The molecular formula is C75H138O6. The predicted molar refractivity (Wildman–Crippen MR) is 353 cm³/mol. The van der Waals surface area contributed by atoms with Crippen LogP contribution in [0.3, 0.4) is 0 Å². The molecular weight excluding hydrogens is 997 g/mol. The number of unbranched alkanes of at least 4 members (excludes halogenated alkanes) is 48. The van der Waals surface area contributed by atoms with Gasteiger partial charge in [0.1, 0.15) is 13.2 Å². The smallest absolute Gasteiger partial charge is 0.306 e. The van der Waals surface area contributed by atoms with Gasteiger partial charge in [-0.05, 0) is 103 Å². The predicted octanol–water partition coefficient (Wildman–Crippen LogP) is 24.9. The molecule has 0 rings (SSSR count). The Balaban J connectivity index is 4.27. The average molecular weight is 1140 g/mol. The molecule has 474 valence electrons. The van der Waals surface area contributed by atoms with Gasteiger partial charge in [-0.25, -0.2) is 0 Å². The van der Waals surface area contributed by atoms with Gasteiger partial charge < -0.3 is 14.2 Å². The molecule has 1 atom stereocenters. The zero-order chi connectivity index (χ0) is 58.5. The van der Waals surface area contributed by atoms with E-state index >= 15 is 0 Å². The van der Waals surface area contributed by atoms with E-state index in [2.05, 4.69) is 69.4 Å². The number of esters is 3. The molecule has 0 N–H and O–H groups in total. The minimum Gasteiger partial charge on any atom is -0.462 e. The third kappa shape index (κ3) is 68.0. The van der Waals surface area contributed by atoms with Crippen LogP contribution in [0.15, 0.2) is 48.6 Å². The molecule has 0 saturated heterocycles. The lowest BCUT2D eigenvalue weighted by molar-refractivity contribution is -0.167. The van der Waals surface area contributed by atoms with E-state index in [1.165, 1.54) is 283 Å². The molecule has 0 aliphatic carbocycles. The van der Waals surface area contributed by atoms with Gasteiger partial charge in [-0.1, -0.05) is 320 Å². The van der Waals surface area contributed by atoms with Crippen molar-refractivity contribution in [3.05, 3.63) is 48.6 Å². The summed E-state index contributed by atoms with van der Waals surface area (Å²) in [5, 5.41) is 0. The summed E-state index contributed by atoms with van der Waals surface area (Å²) in [6.07, 6.45) is 88.5. The van der Waals surface area contributed by atoms with Crippen molar-refractivity contribution in [1.82, 2.24) is 0 Å². The van der Waals surface area contributed by atoms with E-state index in [-0.39, 0.29) is 31.1 Å². The van der Waals surface area contributed by atoms with E-state index in [9.17, 15) is 14.4 Å². The van der Waals surface area contributed by atoms with Gasteiger partial charge in [0, 0.05) is 19.3 Å². The van der Waals surface area contributed by atoms with Gasteiger partial charge in [-0.3, -0.25) is 14.4 Å².